The Kier molecular flexibility index (Phi) is 8.95. The zero-order valence-electron chi connectivity index (χ0n) is 23.5. The van der Waals surface area contributed by atoms with Crippen LogP contribution in [0.4, 0.5) is 26.3 Å². The normalized spacial score (nSPS) is 18.4. The van der Waals surface area contributed by atoms with Crippen LogP contribution < -0.4 is 10.2 Å². The molecule has 2 aliphatic carbocycles. The summed E-state index contributed by atoms with van der Waals surface area (Å²) in [6, 6.07) is 5.80. The van der Waals surface area contributed by atoms with Gasteiger partial charge in [0.2, 0.25) is 0 Å². The van der Waals surface area contributed by atoms with E-state index in [4.69, 9.17) is 8.85 Å². The zero-order chi connectivity index (χ0) is 34.1. The number of carbonyl (C=O) groups is 4. The Morgan fingerprint density at radius 2 is 0.913 bits per heavy atom. The van der Waals surface area contributed by atoms with Crippen molar-refractivity contribution in [1.82, 2.24) is 0 Å². The Hall–Kier alpha value is -5.66. The number of hydrogen-bond acceptors (Lipinski definition) is 6. The quantitative estimate of drug-likeness (QED) is 0.257. The third-order valence-corrected chi connectivity index (χ3v) is 6.54. The van der Waals surface area contributed by atoms with E-state index in [1.54, 1.807) is 0 Å². The van der Waals surface area contributed by atoms with E-state index >= 15 is 0 Å². The maximum Gasteiger partial charge on any atom is 0.425 e. The molecule has 46 heavy (non-hydrogen) atoms. The number of halogens is 6. The van der Waals surface area contributed by atoms with E-state index in [9.17, 15) is 55.7 Å². The van der Waals surface area contributed by atoms with Crippen molar-refractivity contribution < 1.29 is 64.6 Å². The average Bonchev–Trinajstić information content (AvgIpc) is 2.96. The van der Waals surface area contributed by atoms with Gasteiger partial charge in [0.1, 0.15) is 0 Å². The van der Waals surface area contributed by atoms with Gasteiger partial charge in [-0.25, -0.2) is 8.85 Å². The van der Waals surface area contributed by atoms with Gasteiger partial charge in [-0.1, -0.05) is 0 Å². The van der Waals surface area contributed by atoms with E-state index in [0.717, 1.165) is 74.5 Å². The summed E-state index contributed by atoms with van der Waals surface area (Å²) >= 11 is 0. The maximum absolute atomic E-state index is 14.1. The number of carboxylic acid groups (broad SMARTS) is 2. The van der Waals surface area contributed by atoms with Crippen LogP contribution in [-0.4, -0.2) is 47.4 Å². The molecule has 0 N–H and O–H groups in total. The molecule has 4 rings (SSSR count). The Balaban J connectivity index is 1.80. The molecule has 0 saturated carbocycles. The first-order valence-corrected chi connectivity index (χ1v) is 12.9. The molecule has 0 saturated heterocycles. The fourth-order valence-corrected chi connectivity index (χ4v) is 4.42. The minimum Gasteiger partial charge on any atom is -0.545 e. The van der Waals surface area contributed by atoms with Crippen molar-refractivity contribution in [2.75, 3.05) is 0 Å². The van der Waals surface area contributed by atoms with E-state index in [0.29, 0.717) is 12.2 Å². The lowest BCUT2D eigenvalue weighted by Gasteiger charge is -2.14. The van der Waals surface area contributed by atoms with Crippen molar-refractivity contribution in [3.63, 3.8) is 0 Å². The van der Waals surface area contributed by atoms with Gasteiger partial charge in [-0.3, -0.25) is 9.59 Å². The number of hydrogen-bond donors (Lipinski definition) is 0. The van der Waals surface area contributed by atoms with E-state index in [1.165, 1.54) is 0 Å². The predicted molar refractivity (Wildman–Crippen MR) is 144 cm³/mol. The molecule has 14 heteroatoms. The van der Waals surface area contributed by atoms with Crippen molar-refractivity contribution in [3.8, 4) is 11.5 Å². The smallest absolute Gasteiger partial charge is 0.425 e. The second-order valence-electron chi connectivity index (χ2n) is 9.72. The van der Waals surface area contributed by atoms with Gasteiger partial charge < -0.3 is 19.8 Å². The number of carboxylic acids is 2. The molecule has 0 unspecified atom stereocenters. The Labute approximate surface area is 255 Å². The molecular formula is C32H18F6O8. The van der Waals surface area contributed by atoms with Gasteiger partial charge in [0.05, 0.1) is 24.1 Å². The van der Waals surface area contributed by atoms with Crippen LogP contribution in [0, 0.1) is 0 Å². The van der Waals surface area contributed by atoms with Crippen LogP contribution in [-0.2, 0) is 8.85 Å². The molecule has 0 radical (unpaired) electrons. The number of Topliss-reactive ketones (excluding diaryl/α,β-unsaturated/α-hetero) is 2. The van der Waals surface area contributed by atoms with E-state index in [-0.39, 0.29) is 33.8 Å². The summed E-state index contributed by atoms with van der Waals surface area (Å²) in [4.78, 5) is 46.2. The first-order valence-electron chi connectivity index (χ1n) is 12.9. The third-order valence-electron chi connectivity index (χ3n) is 6.54. The largest absolute Gasteiger partial charge is 0.545 e. The standard InChI is InChI=1S/C32H18F6O8/c1-15(39)21-7-5-19(13-23(21)29(41)42)45-27-9-3-17(11-25(27)31(33,34)35)18-4-10-28(26(12-18)32(36,37)38)46-20-6-8-22(16(2)40)24(14-20)30(43)44/h3-14H,1-2H3. The lowest BCUT2D eigenvalue weighted by molar-refractivity contribution is -0.366. The number of ketones is 4. The number of aromatic carboxylic acids is 2. The van der Waals surface area contributed by atoms with E-state index in [2.05, 4.69) is 0 Å². The summed E-state index contributed by atoms with van der Waals surface area (Å²) in [7, 11) is 0. The van der Waals surface area contributed by atoms with Gasteiger partial charge in [0, 0.05) is 46.5 Å². The maximum atomic E-state index is 14.1. The molecule has 0 aromatic heterocycles. The van der Waals surface area contributed by atoms with Gasteiger partial charge in [0.15, 0.2) is 22.7 Å². The van der Waals surface area contributed by atoms with Crippen molar-refractivity contribution in [1.29, 1.82) is 0 Å². The first kappa shape index (κ1) is 33.2. The lowest BCUT2D eigenvalue weighted by Crippen LogP contribution is -2.25. The van der Waals surface area contributed by atoms with Gasteiger partial charge in [-0.05, 0) is 61.4 Å². The van der Waals surface area contributed by atoms with Crippen LogP contribution in [0.1, 0.15) is 55.3 Å². The molecule has 2 aromatic carbocycles. The van der Waals surface area contributed by atoms with Crippen LogP contribution >= 0.6 is 0 Å². The molecule has 236 valence electrons. The first-order chi connectivity index (χ1) is 21.4. The molecule has 0 fully saturated rings. The Bertz CT molecular complexity index is 1780. The number of benzene rings is 2. The molecule has 0 aliphatic heterocycles. The predicted octanol–water partition coefficient (Wildman–Crippen LogP) is 4.57. The lowest BCUT2D eigenvalue weighted by atomic mass is 9.92. The number of allylic oxidation sites excluding steroid dienone is 10. The topological polar surface area (TPSA) is 137 Å². The fourth-order valence-electron chi connectivity index (χ4n) is 4.42. The van der Waals surface area contributed by atoms with Crippen molar-refractivity contribution in [3.05, 3.63) is 117 Å². The zero-order valence-corrected chi connectivity index (χ0v) is 23.5. The van der Waals surface area contributed by atoms with Gasteiger partial charge in [-0.15, -0.1) is 0 Å². The summed E-state index contributed by atoms with van der Waals surface area (Å²) in [6.45, 7) is 2.15. The van der Waals surface area contributed by atoms with Crippen molar-refractivity contribution >= 4 is 35.1 Å². The van der Waals surface area contributed by atoms with E-state index in [1.807, 2.05) is 0 Å². The molecule has 0 bridgehead atoms. The highest BCUT2D eigenvalue weighted by molar-refractivity contribution is 6.10. The second kappa shape index (κ2) is 12.4. The van der Waals surface area contributed by atoms with E-state index < -0.39 is 69.7 Å². The summed E-state index contributed by atoms with van der Waals surface area (Å²) in [6.07, 6.45) is -5.38. The molecule has 2 aliphatic rings. The highest BCUT2D eigenvalue weighted by Gasteiger charge is 2.45. The van der Waals surface area contributed by atoms with Crippen LogP contribution in [0.15, 0.2) is 95.1 Å². The van der Waals surface area contributed by atoms with Crippen molar-refractivity contribution in [2.24, 2.45) is 0 Å². The highest BCUT2D eigenvalue weighted by atomic mass is 19.4. The minimum absolute atomic E-state index is 0.265. The fraction of sp³-hybridized carbons (Fsp3) is 0.125. The Morgan fingerprint density at radius 1 is 0.565 bits per heavy atom. The molecule has 8 nitrogen and oxygen atoms in total. The molecule has 0 spiro atoms. The highest BCUT2D eigenvalue weighted by Crippen LogP contribution is 2.36. The van der Waals surface area contributed by atoms with Crippen LogP contribution in [0.3, 0.4) is 0 Å². The Morgan fingerprint density at radius 3 is 1.20 bits per heavy atom. The van der Waals surface area contributed by atoms with Crippen LogP contribution in [0.2, 0.25) is 0 Å². The number of rotatable bonds is 6. The molecule has 2 aromatic rings. The molecule has 0 heterocycles. The molecule has 0 atom stereocenters. The minimum atomic E-state index is -5.08. The number of alkyl halides is 6. The number of carbonyl (C=O) groups excluding carboxylic acids is 6. The summed E-state index contributed by atoms with van der Waals surface area (Å²) in [5, 5.41) is 22.9. The molecule has 0 amide bonds. The second-order valence-corrected chi connectivity index (χ2v) is 9.72. The average molecular weight is 644 g/mol. The van der Waals surface area contributed by atoms with Gasteiger partial charge in [0.25, 0.3) is 0 Å². The third kappa shape index (κ3) is 7.17. The van der Waals surface area contributed by atoms with Crippen LogP contribution in [0.5, 0.6) is 11.5 Å². The summed E-state index contributed by atoms with van der Waals surface area (Å²) in [5.74, 6) is -7.25. The summed E-state index contributed by atoms with van der Waals surface area (Å²) in [5.41, 5.74) is -5.23. The monoisotopic (exact) mass is 644 g/mol. The van der Waals surface area contributed by atoms with Crippen LogP contribution in [0.25, 0.3) is 0 Å². The van der Waals surface area contributed by atoms with Gasteiger partial charge >= 0.3 is 35.4 Å². The molecular weight excluding hydrogens is 626 g/mol. The summed E-state index contributed by atoms with van der Waals surface area (Å²) < 4.78 is 95.0. The SMILES string of the molecule is CC(=O)c1ccc([O+]=C2C=CC(=C3C=CC(=[O+]c4ccc(C(C)=O)c(C(=O)[O-])c4)C(C(F)(F)F)=C3)C=C2C(F)(F)F)cc1C(=O)[O-]. The van der Waals surface area contributed by atoms with Gasteiger partial charge in [-0.2, -0.15) is 26.3 Å². The van der Waals surface area contributed by atoms with Crippen molar-refractivity contribution in [2.45, 2.75) is 26.2 Å².